The van der Waals surface area contributed by atoms with Crippen LogP contribution in [0.25, 0.3) is 0 Å². The van der Waals surface area contributed by atoms with E-state index in [4.69, 9.17) is 21.2 Å². The third-order valence-electron chi connectivity index (χ3n) is 7.15. The zero-order chi connectivity index (χ0) is 26.9. The molecule has 0 unspecified atom stereocenters. The van der Waals surface area contributed by atoms with Crippen LogP contribution in [0, 0.1) is 0 Å². The van der Waals surface area contributed by atoms with Gasteiger partial charge in [-0.1, -0.05) is 41.0 Å². The van der Waals surface area contributed by atoms with Crippen molar-refractivity contribution >= 4 is 17.3 Å². The number of aliphatic hydroxyl groups is 1. The van der Waals surface area contributed by atoms with Crippen molar-refractivity contribution in [2.75, 3.05) is 19.7 Å². The second-order valence-electron chi connectivity index (χ2n) is 10.8. The summed E-state index contributed by atoms with van der Waals surface area (Å²) in [6, 6.07) is 13.5. The molecule has 1 spiro atoms. The van der Waals surface area contributed by atoms with Crippen LogP contribution in [0.3, 0.4) is 0 Å². The monoisotopic (exact) mass is 536 g/mol. The van der Waals surface area contributed by atoms with E-state index in [9.17, 15) is 9.90 Å². The van der Waals surface area contributed by atoms with Crippen LogP contribution >= 0.6 is 11.6 Å². The predicted molar refractivity (Wildman–Crippen MR) is 146 cm³/mol. The number of rotatable bonds is 7. The first-order valence-corrected chi connectivity index (χ1v) is 13.2. The van der Waals surface area contributed by atoms with Crippen LogP contribution in [0.2, 0.25) is 5.02 Å². The second-order valence-corrected chi connectivity index (χ2v) is 11.2. The molecule has 9 heteroatoms. The molecule has 0 aliphatic carbocycles. The van der Waals surface area contributed by atoms with E-state index in [-0.39, 0.29) is 17.8 Å². The van der Waals surface area contributed by atoms with Crippen LogP contribution in [0.1, 0.15) is 54.6 Å². The van der Waals surface area contributed by atoms with Gasteiger partial charge in [0, 0.05) is 56.3 Å². The van der Waals surface area contributed by atoms with Gasteiger partial charge in [0.1, 0.15) is 12.3 Å². The van der Waals surface area contributed by atoms with Gasteiger partial charge in [0.2, 0.25) is 0 Å². The molecule has 1 saturated heterocycles. The van der Waals surface area contributed by atoms with Crippen LogP contribution in [-0.2, 0) is 35.4 Å². The van der Waals surface area contributed by atoms with Gasteiger partial charge in [-0.3, -0.25) is 14.7 Å². The summed E-state index contributed by atoms with van der Waals surface area (Å²) in [5.41, 5.74) is 4.10. The Balaban J connectivity index is 1.26. The van der Waals surface area contributed by atoms with E-state index in [1.165, 1.54) is 5.56 Å². The average Bonchev–Trinajstić information content (AvgIpc) is 3.21. The Bertz CT molecular complexity index is 1370. The summed E-state index contributed by atoms with van der Waals surface area (Å²) < 4.78 is 7.89. The molecule has 1 aromatic carbocycles. The molecular formula is C29H33ClN4O4. The summed E-state index contributed by atoms with van der Waals surface area (Å²) in [5.74, 6) is 0. The summed E-state index contributed by atoms with van der Waals surface area (Å²) >= 11 is 6.02. The van der Waals surface area contributed by atoms with E-state index < -0.39 is 5.60 Å². The van der Waals surface area contributed by atoms with Crippen LogP contribution in [0.15, 0.2) is 64.8 Å². The highest BCUT2D eigenvalue weighted by molar-refractivity contribution is 6.30. The molecule has 3 aromatic rings. The summed E-state index contributed by atoms with van der Waals surface area (Å²) in [4.78, 5) is 24.5. The number of hydrogen-bond donors (Lipinski definition) is 1. The van der Waals surface area contributed by atoms with Crippen molar-refractivity contribution in [3.05, 3.63) is 98.2 Å². The maximum absolute atomic E-state index is 12.3. The highest BCUT2D eigenvalue weighted by Crippen LogP contribution is 2.43. The lowest BCUT2D eigenvalue weighted by Crippen LogP contribution is -2.42. The molecule has 0 bridgehead atoms. The van der Waals surface area contributed by atoms with Crippen LogP contribution in [0.5, 0.6) is 0 Å². The van der Waals surface area contributed by atoms with Crippen molar-refractivity contribution in [1.29, 1.82) is 0 Å². The van der Waals surface area contributed by atoms with Gasteiger partial charge in [-0.05, 0) is 49.9 Å². The van der Waals surface area contributed by atoms with Crippen LogP contribution in [-0.4, -0.2) is 50.6 Å². The van der Waals surface area contributed by atoms with E-state index in [2.05, 4.69) is 27.2 Å². The zero-order valence-corrected chi connectivity index (χ0v) is 22.7. The molecular weight excluding hydrogens is 504 g/mol. The van der Waals surface area contributed by atoms with E-state index in [0.717, 1.165) is 49.2 Å². The number of halogens is 1. The van der Waals surface area contributed by atoms with Gasteiger partial charge in [0.05, 0.1) is 28.5 Å². The molecule has 0 atom stereocenters. The molecule has 2 aromatic heterocycles. The zero-order valence-electron chi connectivity index (χ0n) is 22.0. The number of oxime groups is 1. The number of nitrogens with zero attached hydrogens (tertiary/aromatic N) is 4. The van der Waals surface area contributed by atoms with Gasteiger partial charge < -0.3 is 19.2 Å². The number of pyridine rings is 2. The predicted octanol–water partition coefficient (Wildman–Crippen LogP) is 4.00. The molecule has 200 valence electrons. The Morgan fingerprint density at radius 2 is 1.95 bits per heavy atom. The van der Waals surface area contributed by atoms with E-state index in [1.807, 2.05) is 18.3 Å². The third kappa shape index (κ3) is 5.83. The molecule has 0 saturated carbocycles. The van der Waals surface area contributed by atoms with Crippen molar-refractivity contribution in [2.24, 2.45) is 12.2 Å². The summed E-state index contributed by atoms with van der Waals surface area (Å²) in [6.07, 6.45) is 5.21. The maximum Gasteiger partial charge on any atom is 0.250 e. The normalized spacial score (nSPS) is 17.6. The van der Waals surface area contributed by atoms with Crippen molar-refractivity contribution in [1.82, 2.24) is 14.5 Å². The number of benzene rings is 1. The number of likely N-dealkylation sites (tertiary alicyclic amines) is 1. The minimum atomic E-state index is -1.00. The minimum Gasteiger partial charge on any atom is -0.392 e. The SMILES string of the molecule is Cn1cc2c(cc1=O)C1(CCN(Cc3ccc(/C(=N/OCC(C)(C)O)c4ccc(Cl)cn4)cc3)CC1)OC2. The lowest BCUT2D eigenvalue weighted by atomic mass is 9.84. The van der Waals surface area contributed by atoms with Gasteiger partial charge in [-0.25, -0.2) is 0 Å². The standard InChI is InChI=1S/C29H33ClN4O4/c1-28(2,36)19-38-32-27(25-9-8-23(30)15-31-25)21-6-4-20(5-7-21)16-34-12-10-29(11-13-34)24-14-26(35)33(3)17-22(24)18-37-29/h4-9,14-15,17,36H,10-13,16,18-19H2,1-3H3/b32-27-. The molecule has 5 rings (SSSR count). The first-order chi connectivity index (χ1) is 18.1. The maximum atomic E-state index is 12.3. The van der Waals surface area contributed by atoms with Crippen molar-refractivity contribution in [2.45, 2.75) is 51.0 Å². The average molecular weight is 537 g/mol. The van der Waals surface area contributed by atoms with Gasteiger partial charge in [-0.15, -0.1) is 0 Å². The molecule has 0 amide bonds. The largest absolute Gasteiger partial charge is 0.392 e. The molecule has 1 N–H and O–H groups in total. The topological polar surface area (TPSA) is 89.2 Å². The van der Waals surface area contributed by atoms with Crippen LogP contribution < -0.4 is 5.56 Å². The Morgan fingerprint density at radius 3 is 2.61 bits per heavy atom. The van der Waals surface area contributed by atoms with E-state index >= 15 is 0 Å². The molecule has 1 fully saturated rings. The smallest absolute Gasteiger partial charge is 0.250 e. The van der Waals surface area contributed by atoms with Crippen molar-refractivity contribution in [3.63, 3.8) is 0 Å². The van der Waals surface area contributed by atoms with Gasteiger partial charge >= 0.3 is 0 Å². The number of piperidine rings is 1. The summed E-state index contributed by atoms with van der Waals surface area (Å²) in [6.45, 7) is 6.56. The summed E-state index contributed by atoms with van der Waals surface area (Å²) in [7, 11) is 1.78. The Labute approximate surface area is 227 Å². The van der Waals surface area contributed by atoms with E-state index in [0.29, 0.717) is 23.0 Å². The highest BCUT2D eigenvalue weighted by atomic mass is 35.5. The number of ether oxygens (including phenoxy) is 1. The molecule has 2 aliphatic heterocycles. The number of aromatic nitrogens is 2. The lowest BCUT2D eigenvalue weighted by molar-refractivity contribution is -0.0799. The van der Waals surface area contributed by atoms with Gasteiger partial charge in [0.25, 0.3) is 5.56 Å². The van der Waals surface area contributed by atoms with Crippen molar-refractivity contribution < 1.29 is 14.7 Å². The quantitative estimate of drug-likeness (QED) is 0.363. The summed E-state index contributed by atoms with van der Waals surface area (Å²) in [5, 5.41) is 14.8. The fourth-order valence-electron chi connectivity index (χ4n) is 5.05. The number of aryl methyl sites for hydroxylation is 1. The molecule has 4 heterocycles. The number of hydrogen-bond acceptors (Lipinski definition) is 7. The molecule has 2 aliphatic rings. The molecule has 8 nitrogen and oxygen atoms in total. The van der Waals surface area contributed by atoms with E-state index in [1.54, 1.807) is 49.9 Å². The first kappa shape index (κ1) is 26.6. The Morgan fingerprint density at radius 1 is 1.21 bits per heavy atom. The van der Waals surface area contributed by atoms with Crippen LogP contribution in [0.4, 0.5) is 0 Å². The Hall–Kier alpha value is -3.04. The first-order valence-electron chi connectivity index (χ1n) is 12.8. The third-order valence-corrected chi connectivity index (χ3v) is 7.37. The lowest BCUT2D eigenvalue weighted by Gasteiger charge is -2.39. The Kier molecular flexibility index (Phi) is 7.42. The fourth-order valence-corrected chi connectivity index (χ4v) is 5.16. The van der Waals surface area contributed by atoms with Gasteiger partial charge in [-0.2, -0.15) is 0 Å². The molecule has 38 heavy (non-hydrogen) atoms. The van der Waals surface area contributed by atoms with Gasteiger partial charge in [0.15, 0.2) is 0 Å². The minimum absolute atomic E-state index is 0.0123. The van der Waals surface area contributed by atoms with Crippen molar-refractivity contribution in [3.8, 4) is 0 Å². The second kappa shape index (κ2) is 10.6. The molecule has 0 radical (unpaired) electrons. The fraction of sp³-hybridized carbons (Fsp3) is 0.414. The highest BCUT2D eigenvalue weighted by Gasteiger charge is 2.43. The number of fused-ring (bicyclic) bond motifs is 2.